The van der Waals surface area contributed by atoms with Gasteiger partial charge in [0.25, 0.3) is 0 Å². The standard InChI is InChI=1S/C6H18I6Si5/c1-13(2,3)15(7,8)17(11,12)16(9,10)14(4,5)6/h1-6H3. The zero-order valence-corrected chi connectivity index (χ0v) is 28.7. The van der Waals surface area contributed by atoms with Crippen molar-refractivity contribution in [1.82, 2.24) is 0 Å². The quantitative estimate of drug-likeness (QED) is 0.163. The summed E-state index contributed by atoms with van der Waals surface area (Å²) in [7, 11) is -2.01. The van der Waals surface area contributed by atoms with Crippen molar-refractivity contribution in [1.29, 1.82) is 0 Å². The predicted octanol–water partition coefficient (Wildman–Crippen LogP) is 6.91. The zero-order valence-electron chi connectivity index (χ0n) is 10.8. The minimum absolute atomic E-state index is 1.00. The first-order valence-corrected chi connectivity index (χ1v) is 40.8. The normalized spacial score (nSPS) is 16.2. The maximum Gasteiger partial charge on any atom is 0.213 e. The molecule has 0 heterocycles. The first kappa shape index (κ1) is 22.5. The molecular weight excluding hydrogens is 974 g/mol. The number of hydrogen-bond donors (Lipinski definition) is 0. The Hall–Kier alpha value is 5.46. The molecule has 0 saturated heterocycles. The fourth-order valence-corrected chi connectivity index (χ4v) is 279. The van der Waals surface area contributed by atoms with Gasteiger partial charge in [0.15, 0.2) is 4.20 Å². The van der Waals surface area contributed by atoms with Crippen LogP contribution in [0.5, 0.6) is 0 Å². The van der Waals surface area contributed by atoms with Crippen LogP contribution in [0, 0.1) is 0 Å². The van der Waals surface area contributed by atoms with Crippen LogP contribution >= 0.6 is 131 Å². The second-order valence-corrected chi connectivity index (χ2v) is 130. The molecule has 0 spiro atoms. The van der Waals surface area contributed by atoms with E-state index in [4.69, 9.17) is 0 Å². The molecule has 0 rings (SSSR count). The van der Waals surface area contributed by atoms with Gasteiger partial charge in [-0.2, -0.15) is 0 Å². The van der Waals surface area contributed by atoms with Gasteiger partial charge in [0, 0.05) is 0 Å². The molecule has 0 amide bonds. The molecule has 104 valence electrons. The van der Waals surface area contributed by atoms with Crippen LogP contribution in [0.1, 0.15) is 0 Å². The van der Waals surface area contributed by atoms with Gasteiger partial charge in [-0.1, -0.05) is 39.3 Å². The topological polar surface area (TPSA) is 0 Å². The molecule has 0 aliphatic heterocycles. The molecule has 0 aromatic carbocycles. The fraction of sp³-hybridized carbons (Fsp3) is 1.00. The van der Waals surface area contributed by atoms with Crippen molar-refractivity contribution in [2.45, 2.75) is 39.3 Å². The summed E-state index contributed by atoms with van der Waals surface area (Å²) in [6.45, 7) is 15.7. The molecule has 0 radical (unpaired) electrons. The van der Waals surface area contributed by atoms with Crippen molar-refractivity contribution in [2.75, 3.05) is 0 Å². The average molecular weight is 992 g/mol. The van der Waals surface area contributed by atoms with Gasteiger partial charge in [-0.05, 0) is 0 Å². The number of hydrogen-bond acceptors (Lipinski definition) is 0. The summed E-state index contributed by atoms with van der Waals surface area (Å²) in [5, 5.41) is 0. The van der Waals surface area contributed by atoms with Crippen molar-refractivity contribution in [2.24, 2.45) is 0 Å². The minimum atomic E-state index is -1.14. The van der Waals surface area contributed by atoms with E-state index in [1.54, 1.807) is 0 Å². The first-order chi connectivity index (χ1) is 7.00. The minimum Gasteiger partial charge on any atom is -0.110 e. The van der Waals surface area contributed by atoms with E-state index < -0.39 is 21.5 Å². The lowest BCUT2D eigenvalue weighted by Gasteiger charge is -2.49. The maximum atomic E-state index is 3.00. The summed E-state index contributed by atoms with van der Waals surface area (Å²) < 4.78 is -3.35. The van der Waals surface area contributed by atoms with E-state index in [1.807, 2.05) is 0 Å². The van der Waals surface area contributed by atoms with Gasteiger partial charge in [0.1, 0.15) is 0 Å². The molecular formula is C6H18I6Si5. The van der Waals surface area contributed by atoms with Gasteiger partial charge in [-0.15, -0.1) is 131 Å². The fourth-order valence-electron chi connectivity index (χ4n) is 1.14. The number of halogens is 6. The van der Waals surface area contributed by atoms with Crippen LogP contribution in [0.25, 0.3) is 0 Å². The van der Waals surface area contributed by atoms with E-state index in [-0.39, 0.29) is 0 Å². The molecule has 17 heavy (non-hydrogen) atoms. The van der Waals surface area contributed by atoms with E-state index >= 15 is 0 Å². The molecule has 0 saturated carbocycles. The van der Waals surface area contributed by atoms with Crippen LogP contribution in [-0.4, -0.2) is 21.5 Å². The summed E-state index contributed by atoms with van der Waals surface area (Å²) in [5.74, 6) is 0. The Morgan fingerprint density at radius 1 is 0.412 bits per heavy atom. The van der Waals surface area contributed by atoms with Crippen LogP contribution in [0.15, 0.2) is 0 Å². The Balaban J connectivity index is 5.73. The Morgan fingerprint density at radius 2 is 0.588 bits per heavy atom. The predicted molar refractivity (Wildman–Crippen MR) is 148 cm³/mol. The van der Waals surface area contributed by atoms with Crippen molar-refractivity contribution in [3.05, 3.63) is 0 Å². The van der Waals surface area contributed by atoms with Crippen molar-refractivity contribution in [3.63, 3.8) is 0 Å². The molecule has 0 fully saturated rings. The van der Waals surface area contributed by atoms with Crippen LogP contribution in [0.4, 0.5) is 0 Å². The lowest BCUT2D eigenvalue weighted by Crippen LogP contribution is -2.76. The average Bonchev–Trinajstić information content (AvgIpc) is 1.98. The molecule has 0 aliphatic rings. The van der Waals surface area contributed by atoms with Crippen molar-refractivity contribution >= 4 is 152 Å². The summed E-state index contributed by atoms with van der Waals surface area (Å²) >= 11 is 17.9. The summed E-state index contributed by atoms with van der Waals surface area (Å²) in [6.07, 6.45) is 0. The smallest absolute Gasteiger partial charge is 0.110 e. The van der Waals surface area contributed by atoms with E-state index in [1.165, 1.54) is 0 Å². The Kier molecular flexibility index (Phi) is 9.44. The zero-order chi connectivity index (χ0) is 14.5. The Labute approximate surface area is 187 Å². The summed E-state index contributed by atoms with van der Waals surface area (Å²) in [4.78, 5) is 0. The van der Waals surface area contributed by atoms with Gasteiger partial charge >= 0.3 is 0 Å². The Morgan fingerprint density at radius 3 is 0.706 bits per heavy atom. The highest BCUT2D eigenvalue weighted by Gasteiger charge is 2.70. The van der Waals surface area contributed by atoms with E-state index in [2.05, 4.69) is 170 Å². The van der Waals surface area contributed by atoms with E-state index in [9.17, 15) is 0 Å². The third-order valence-electron chi connectivity index (χ3n) is 2.67. The molecule has 0 N–H and O–H groups in total. The van der Waals surface area contributed by atoms with E-state index in [0.717, 1.165) is 0 Å². The van der Waals surface area contributed by atoms with Crippen molar-refractivity contribution < 1.29 is 0 Å². The van der Waals surface area contributed by atoms with Crippen molar-refractivity contribution in [3.8, 4) is 0 Å². The molecule has 0 nitrogen and oxygen atoms in total. The highest BCUT2D eigenvalue weighted by molar-refractivity contribution is 14.3. The lowest BCUT2D eigenvalue weighted by atomic mass is 11.8. The number of rotatable bonds is 4. The third-order valence-corrected chi connectivity index (χ3v) is 283. The van der Waals surface area contributed by atoms with Gasteiger partial charge in [-0.3, -0.25) is 0 Å². The van der Waals surface area contributed by atoms with E-state index in [0.29, 0.717) is 0 Å². The maximum absolute atomic E-state index is 3.00. The van der Waals surface area contributed by atoms with Crippen LogP contribution in [-0.2, 0) is 0 Å². The molecule has 0 aromatic heterocycles. The second kappa shape index (κ2) is 7.15. The lowest BCUT2D eigenvalue weighted by molar-refractivity contribution is 1.86. The van der Waals surface area contributed by atoms with Gasteiger partial charge in [-0.25, -0.2) is 0 Å². The highest BCUT2D eigenvalue weighted by Crippen LogP contribution is 2.57. The largest absolute Gasteiger partial charge is 0.213 e. The van der Waals surface area contributed by atoms with Gasteiger partial charge < -0.3 is 0 Å². The van der Waals surface area contributed by atoms with Gasteiger partial charge in [0.05, 0.1) is 15.2 Å². The van der Waals surface area contributed by atoms with Crippen LogP contribution < -0.4 is 0 Å². The molecule has 0 unspecified atom stereocenters. The van der Waals surface area contributed by atoms with Gasteiger partial charge in [0.2, 0.25) is 2.10 Å². The molecule has 0 atom stereocenters. The second-order valence-electron chi connectivity index (χ2n) is 6.22. The molecule has 0 aliphatic carbocycles. The Bertz CT molecular complexity index is 262. The first-order valence-electron chi connectivity index (χ1n) is 5.13. The molecule has 0 bridgehead atoms. The summed E-state index contributed by atoms with van der Waals surface area (Å²) in [5.41, 5.74) is 0. The van der Waals surface area contributed by atoms with Crippen LogP contribution in [0.3, 0.4) is 0 Å². The molecule has 11 heteroatoms. The molecule has 0 aromatic rings. The third kappa shape index (κ3) is 4.73. The SMILES string of the molecule is C[Si](C)(C)[Si](I)(I)[Si](I)(I)[Si](I)(I)[Si](C)(C)C. The monoisotopic (exact) mass is 991 g/mol. The highest BCUT2D eigenvalue weighted by atomic mass is 127. The van der Waals surface area contributed by atoms with Crippen LogP contribution in [0.2, 0.25) is 39.3 Å². The summed E-state index contributed by atoms with van der Waals surface area (Å²) in [6, 6.07) is 0.